The van der Waals surface area contributed by atoms with E-state index in [0.29, 0.717) is 11.8 Å². The summed E-state index contributed by atoms with van der Waals surface area (Å²) >= 11 is 7.92. The van der Waals surface area contributed by atoms with E-state index in [9.17, 15) is 13.2 Å². The number of halogens is 1. The van der Waals surface area contributed by atoms with Crippen molar-refractivity contribution in [1.82, 2.24) is 4.72 Å². The number of carbonyl (C=O) groups is 1. The van der Waals surface area contributed by atoms with Crippen LogP contribution < -0.4 is 9.62 Å². The van der Waals surface area contributed by atoms with Crippen molar-refractivity contribution in [3.05, 3.63) is 53.1 Å². The largest absolute Gasteiger partial charge is 0.307 e. The highest BCUT2D eigenvalue weighted by molar-refractivity contribution is 8.00. The zero-order chi connectivity index (χ0) is 21.4. The molecule has 2 aromatic rings. The van der Waals surface area contributed by atoms with Crippen LogP contribution in [0.1, 0.15) is 44.5 Å². The number of rotatable bonds is 3. The summed E-state index contributed by atoms with van der Waals surface area (Å²) in [6, 6.07) is 12.2. The molecule has 0 aliphatic carbocycles. The van der Waals surface area contributed by atoms with Crippen molar-refractivity contribution in [2.24, 2.45) is 0 Å². The molecule has 1 aliphatic rings. The van der Waals surface area contributed by atoms with E-state index in [1.807, 2.05) is 24.3 Å². The molecule has 8 heteroatoms. The highest BCUT2D eigenvalue weighted by Gasteiger charge is 2.28. The summed E-state index contributed by atoms with van der Waals surface area (Å²) in [4.78, 5) is 16.0. The van der Waals surface area contributed by atoms with E-state index in [-0.39, 0.29) is 21.4 Å². The Morgan fingerprint density at radius 3 is 2.59 bits per heavy atom. The standard InChI is InChI=1S/C21H25ClN2O3S2/c1-14-11-12-24(17-7-5-6-8-18(17)28-14)20(25)15-9-10-16(22)19(13-15)29(26,27)23-21(2,3)4/h5-10,13-14,23H,11-12H2,1-4H3. The fraction of sp³-hybridized carbons (Fsp3) is 0.381. The molecule has 0 aromatic heterocycles. The second-order valence-electron chi connectivity index (χ2n) is 8.14. The molecule has 1 N–H and O–H groups in total. The summed E-state index contributed by atoms with van der Waals surface area (Å²) in [5.41, 5.74) is 0.469. The number of benzene rings is 2. The van der Waals surface area contributed by atoms with Gasteiger partial charge in [-0.25, -0.2) is 13.1 Å². The topological polar surface area (TPSA) is 66.5 Å². The Morgan fingerprint density at radius 2 is 1.90 bits per heavy atom. The number of amides is 1. The molecule has 1 unspecified atom stereocenters. The van der Waals surface area contributed by atoms with E-state index >= 15 is 0 Å². The summed E-state index contributed by atoms with van der Waals surface area (Å²) in [6.45, 7) is 7.96. The van der Waals surface area contributed by atoms with Gasteiger partial charge in [-0.3, -0.25) is 4.79 Å². The lowest BCUT2D eigenvalue weighted by atomic mass is 10.1. The molecule has 5 nitrogen and oxygen atoms in total. The van der Waals surface area contributed by atoms with Crippen LogP contribution in [0.25, 0.3) is 0 Å². The average Bonchev–Trinajstić information content (AvgIpc) is 2.77. The highest BCUT2D eigenvalue weighted by Crippen LogP contribution is 2.38. The van der Waals surface area contributed by atoms with Crippen molar-refractivity contribution in [3.63, 3.8) is 0 Å². The number of fused-ring (bicyclic) bond motifs is 1. The van der Waals surface area contributed by atoms with Crippen molar-refractivity contribution in [2.75, 3.05) is 11.4 Å². The van der Waals surface area contributed by atoms with Gasteiger partial charge in [0.05, 0.1) is 10.7 Å². The predicted octanol–water partition coefficient (Wildman–Crippen LogP) is 4.95. The molecule has 0 bridgehead atoms. The van der Waals surface area contributed by atoms with Crippen molar-refractivity contribution in [2.45, 2.75) is 54.7 Å². The van der Waals surface area contributed by atoms with Crippen LogP contribution in [0.15, 0.2) is 52.3 Å². The normalized spacial score (nSPS) is 17.6. The van der Waals surface area contributed by atoms with Gasteiger partial charge < -0.3 is 4.90 Å². The van der Waals surface area contributed by atoms with Crippen LogP contribution in [0.4, 0.5) is 5.69 Å². The number of thioether (sulfide) groups is 1. The minimum absolute atomic E-state index is 0.0822. The van der Waals surface area contributed by atoms with E-state index in [1.165, 1.54) is 12.1 Å². The molecule has 1 heterocycles. The minimum atomic E-state index is -3.87. The molecule has 3 rings (SSSR count). The Labute approximate surface area is 181 Å². The molecule has 0 fully saturated rings. The molecule has 0 saturated heterocycles. The fourth-order valence-corrected chi connectivity index (χ4v) is 6.21. The second-order valence-corrected chi connectivity index (χ2v) is 11.7. The molecule has 29 heavy (non-hydrogen) atoms. The van der Waals surface area contributed by atoms with Crippen molar-refractivity contribution in [1.29, 1.82) is 0 Å². The van der Waals surface area contributed by atoms with Crippen LogP contribution in [0.5, 0.6) is 0 Å². The van der Waals surface area contributed by atoms with Gasteiger partial charge in [-0.05, 0) is 57.5 Å². The zero-order valence-corrected chi connectivity index (χ0v) is 19.3. The molecule has 1 amide bonds. The Bertz CT molecular complexity index is 1030. The second kappa shape index (κ2) is 8.30. The lowest BCUT2D eigenvalue weighted by molar-refractivity contribution is 0.0986. The number of para-hydroxylation sites is 1. The smallest absolute Gasteiger partial charge is 0.258 e. The lowest BCUT2D eigenvalue weighted by Crippen LogP contribution is -2.40. The highest BCUT2D eigenvalue weighted by atomic mass is 35.5. The van der Waals surface area contributed by atoms with Crippen molar-refractivity contribution >= 4 is 45.0 Å². The van der Waals surface area contributed by atoms with Crippen LogP contribution in [-0.4, -0.2) is 31.7 Å². The maximum Gasteiger partial charge on any atom is 0.258 e. The number of nitrogens with zero attached hydrogens (tertiary/aromatic N) is 1. The first-order valence-electron chi connectivity index (χ1n) is 9.39. The van der Waals surface area contributed by atoms with Crippen molar-refractivity contribution in [3.8, 4) is 0 Å². The van der Waals surface area contributed by atoms with Gasteiger partial charge in [0.2, 0.25) is 10.0 Å². The lowest BCUT2D eigenvalue weighted by Gasteiger charge is -2.24. The van der Waals surface area contributed by atoms with Crippen LogP contribution in [0.2, 0.25) is 5.02 Å². The third kappa shape index (κ3) is 5.15. The van der Waals surface area contributed by atoms with E-state index in [1.54, 1.807) is 43.5 Å². The Kier molecular flexibility index (Phi) is 6.34. The van der Waals surface area contributed by atoms with E-state index in [4.69, 9.17) is 11.6 Å². The molecular formula is C21H25ClN2O3S2. The Morgan fingerprint density at radius 1 is 1.21 bits per heavy atom. The minimum Gasteiger partial charge on any atom is -0.307 e. The SMILES string of the molecule is CC1CCN(C(=O)c2ccc(Cl)c(S(=O)(=O)NC(C)(C)C)c2)c2ccccc2S1. The molecule has 156 valence electrons. The molecule has 1 aliphatic heterocycles. The first-order chi connectivity index (χ1) is 13.5. The van der Waals surface area contributed by atoms with Gasteiger partial charge in [-0.15, -0.1) is 11.8 Å². The van der Waals surface area contributed by atoms with Crippen molar-refractivity contribution < 1.29 is 13.2 Å². The van der Waals surface area contributed by atoms with Gasteiger partial charge in [0.25, 0.3) is 5.91 Å². The maximum absolute atomic E-state index is 13.4. The number of hydrogen-bond acceptors (Lipinski definition) is 4. The quantitative estimate of drug-likeness (QED) is 0.715. The molecule has 0 saturated carbocycles. The van der Waals surface area contributed by atoms with Gasteiger partial charge in [0, 0.05) is 27.8 Å². The third-order valence-corrected chi connectivity index (χ3v) is 7.87. The number of nitrogens with one attached hydrogen (secondary N) is 1. The van der Waals surface area contributed by atoms with Crippen LogP contribution in [0.3, 0.4) is 0 Å². The third-order valence-electron chi connectivity index (χ3n) is 4.40. The van der Waals surface area contributed by atoms with E-state index < -0.39 is 15.6 Å². The fourth-order valence-electron chi connectivity index (χ4n) is 3.15. The zero-order valence-electron chi connectivity index (χ0n) is 16.9. The van der Waals surface area contributed by atoms with Crippen LogP contribution in [0, 0.1) is 0 Å². The molecule has 0 radical (unpaired) electrons. The monoisotopic (exact) mass is 452 g/mol. The summed E-state index contributed by atoms with van der Waals surface area (Å²) in [7, 11) is -3.87. The summed E-state index contributed by atoms with van der Waals surface area (Å²) < 4.78 is 28.2. The first-order valence-corrected chi connectivity index (χ1v) is 12.1. The molecule has 2 aromatic carbocycles. The first kappa shape index (κ1) is 22.2. The van der Waals surface area contributed by atoms with E-state index in [2.05, 4.69) is 11.6 Å². The van der Waals surface area contributed by atoms with Gasteiger partial charge in [-0.1, -0.05) is 30.7 Å². The van der Waals surface area contributed by atoms with Gasteiger partial charge in [-0.2, -0.15) is 0 Å². The molecule has 0 spiro atoms. The van der Waals surface area contributed by atoms with Gasteiger partial charge in [0.1, 0.15) is 4.90 Å². The Hall–Kier alpha value is -1.54. The number of sulfonamides is 1. The van der Waals surface area contributed by atoms with Crippen LogP contribution >= 0.6 is 23.4 Å². The van der Waals surface area contributed by atoms with Crippen LogP contribution in [-0.2, 0) is 10.0 Å². The number of hydrogen-bond donors (Lipinski definition) is 1. The molecule has 1 atom stereocenters. The number of anilines is 1. The maximum atomic E-state index is 13.4. The summed E-state index contributed by atoms with van der Waals surface area (Å²) in [6.07, 6.45) is 0.843. The van der Waals surface area contributed by atoms with Gasteiger partial charge >= 0.3 is 0 Å². The predicted molar refractivity (Wildman–Crippen MR) is 120 cm³/mol. The summed E-state index contributed by atoms with van der Waals surface area (Å²) in [5, 5.41) is 0.463. The van der Waals surface area contributed by atoms with E-state index in [0.717, 1.165) is 17.0 Å². The molecular weight excluding hydrogens is 428 g/mol. The Balaban J connectivity index is 2.01. The number of carbonyl (C=O) groups excluding carboxylic acids is 1. The summed E-state index contributed by atoms with van der Waals surface area (Å²) in [5.74, 6) is -0.240. The van der Waals surface area contributed by atoms with Gasteiger partial charge in [0.15, 0.2) is 0 Å². The average molecular weight is 453 g/mol.